The number of hydrogen-bond acceptors (Lipinski definition) is 4. The molecule has 150 valence electrons. The fourth-order valence-corrected chi connectivity index (χ4v) is 3.13. The number of carbonyl (C=O) groups is 1. The summed E-state index contributed by atoms with van der Waals surface area (Å²) >= 11 is 0. The molecular formula is C23H25N3O3. The Bertz CT molecular complexity index is 1130. The molecule has 1 heterocycles. The standard InChI is InChI=1S/C23H25N3O3/c1-14(2)12-29-18-8-9-20-19(11-18)23(28)26(13-24-20)21-10-16(5-4-15(21)3)22(27)25-17-6-7-17/h4-5,8-11,13-14,17H,6-7,12H2,1-3H3,(H,25,27). The van der Waals surface area contributed by atoms with Crippen molar-refractivity contribution < 1.29 is 9.53 Å². The molecule has 0 saturated heterocycles. The molecule has 1 aliphatic rings. The Kier molecular flexibility index (Phi) is 5.09. The summed E-state index contributed by atoms with van der Waals surface area (Å²) in [6, 6.07) is 11.0. The van der Waals surface area contributed by atoms with E-state index in [1.807, 2.05) is 19.1 Å². The van der Waals surface area contributed by atoms with E-state index in [0.29, 0.717) is 40.4 Å². The van der Waals surface area contributed by atoms with Crippen LogP contribution in [-0.4, -0.2) is 28.1 Å². The van der Waals surface area contributed by atoms with Crippen LogP contribution in [0, 0.1) is 12.8 Å². The zero-order valence-electron chi connectivity index (χ0n) is 16.9. The molecule has 29 heavy (non-hydrogen) atoms. The lowest BCUT2D eigenvalue weighted by Crippen LogP contribution is -2.26. The Hall–Kier alpha value is -3.15. The number of fused-ring (bicyclic) bond motifs is 1. The third-order valence-electron chi connectivity index (χ3n) is 4.96. The summed E-state index contributed by atoms with van der Waals surface area (Å²) in [5, 5.41) is 3.47. The Morgan fingerprint density at radius 1 is 1.24 bits per heavy atom. The van der Waals surface area contributed by atoms with Crippen LogP contribution in [0.1, 0.15) is 42.6 Å². The Labute approximate surface area is 169 Å². The number of aryl methyl sites for hydroxylation is 1. The van der Waals surface area contributed by atoms with Gasteiger partial charge in [-0.1, -0.05) is 19.9 Å². The third kappa shape index (κ3) is 4.16. The van der Waals surface area contributed by atoms with Crippen molar-refractivity contribution in [3.8, 4) is 11.4 Å². The van der Waals surface area contributed by atoms with Gasteiger partial charge in [0.15, 0.2) is 0 Å². The first kappa shape index (κ1) is 19.2. The lowest BCUT2D eigenvalue weighted by atomic mass is 10.1. The summed E-state index contributed by atoms with van der Waals surface area (Å²) in [5.41, 5.74) is 2.51. The summed E-state index contributed by atoms with van der Waals surface area (Å²) in [7, 11) is 0. The predicted octanol–water partition coefficient (Wildman–Crippen LogP) is 3.62. The highest BCUT2D eigenvalue weighted by atomic mass is 16.5. The van der Waals surface area contributed by atoms with Gasteiger partial charge in [-0.2, -0.15) is 0 Å². The molecule has 0 radical (unpaired) electrons. The minimum absolute atomic E-state index is 0.111. The molecule has 1 aromatic heterocycles. The summed E-state index contributed by atoms with van der Waals surface area (Å²) in [4.78, 5) is 30.1. The highest BCUT2D eigenvalue weighted by Gasteiger charge is 2.24. The first-order chi connectivity index (χ1) is 13.9. The van der Waals surface area contributed by atoms with Gasteiger partial charge in [0.05, 0.1) is 23.2 Å². The van der Waals surface area contributed by atoms with Crippen molar-refractivity contribution in [2.24, 2.45) is 5.92 Å². The van der Waals surface area contributed by atoms with Crippen LogP contribution in [0.25, 0.3) is 16.6 Å². The first-order valence-electron chi connectivity index (χ1n) is 9.98. The number of rotatable bonds is 6. The molecule has 1 amide bonds. The van der Waals surface area contributed by atoms with Gasteiger partial charge in [0, 0.05) is 11.6 Å². The van der Waals surface area contributed by atoms with Crippen LogP contribution in [0.3, 0.4) is 0 Å². The molecule has 2 aromatic carbocycles. The second-order valence-electron chi connectivity index (χ2n) is 8.05. The highest BCUT2D eigenvalue weighted by Crippen LogP contribution is 2.22. The van der Waals surface area contributed by atoms with Crippen molar-refractivity contribution >= 4 is 16.8 Å². The summed E-state index contributed by atoms with van der Waals surface area (Å²) in [5.74, 6) is 0.931. The molecule has 0 unspecified atom stereocenters. The molecule has 0 bridgehead atoms. The van der Waals surface area contributed by atoms with E-state index in [1.54, 1.807) is 24.3 Å². The normalized spacial score (nSPS) is 13.7. The van der Waals surface area contributed by atoms with Crippen molar-refractivity contribution in [3.05, 3.63) is 64.2 Å². The number of nitrogens with one attached hydrogen (secondary N) is 1. The van der Waals surface area contributed by atoms with E-state index in [-0.39, 0.29) is 17.5 Å². The maximum absolute atomic E-state index is 13.2. The molecule has 0 spiro atoms. The summed E-state index contributed by atoms with van der Waals surface area (Å²) in [6.07, 6.45) is 3.57. The molecule has 6 heteroatoms. The monoisotopic (exact) mass is 391 g/mol. The van der Waals surface area contributed by atoms with Gasteiger partial charge in [0.25, 0.3) is 11.5 Å². The van der Waals surface area contributed by atoms with Crippen molar-refractivity contribution in [3.63, 3.8) is 0 Å². The highest BCUT2D eigenvalue weighted by molar-refractivity contribution is 5.95. The number of ether oxygens (including phenoxy) is 1. The second-order valence-corrected chi connectivity index (χ2v) is 8.05. The lowest BCUT2D eigenvalue weighted by Gasteiger charge is -2.13. The molecule has 0 aliphatic heterocycles. The SMILES string of the molecule is Cc1ccc(C(=O)NC2CC2)cc1-n1cnc2ccc(OCC(C)C)cc2c1=O. The van der Waals surface area contributed by atoms with Gasteiger partial charge >= 0.3 is 0 Å². The molecule has 1 aliphatic carbocycles. The van der Waals surface area contributed by atoms with Gasteiger partial charge in [-0.3, -0.25) is 14.2 Å². The van der Waals surface area contributed by atoms with Crippen LogP contribution in [0.5, 0.6) is 5.75 Å². The van der Waals surface area contributed by atoms with Crippen molar-refractivity contribution in [1.29, 1.82) is 0 Å². The van der Waals surface area contributed by atoms with Crippen LogP contribution in [0.4, 0.5) is 0 Å². The van der Waals surface area contributed by atoms with E-state index in [9.17, 15) is 9.59 Å². The summed E-state index contributed by atoms with van der Waals surface area (Å²) < 4.78 is 7.26. The predicted molar refractivity (Wildman–Crippen MR) is 113 cm³/mol. The number of carbonyl (C=O) groups excluding carboxylic acids is 1. The summed E-state index contributed by atoms with van der Waals surface area (Å²) in [6.45, 7) is 6.64. The fourth-order valence-electron chi connectivity index (χ4n) is 3.13. The number of hydrogen-bond donors (Lipinski definition) is 1. The fraction of sp³-hybridized carbons (Fsp3) is 0.348. The van der Waals surface area contributed by atoms with E-state index in [0.717, 1.165) is 18.4 Å². The van der Waals surface area contributed by atoms with Crippen LogP contribution in [0.15, 0.2) is 47.5 Å². The first-order valence-corrected chi connectivity index (χ1v) is 9.98. The number of amides is 1. The Morgan fingerprint density at radius 3 is 2.76 bits per heavy atom. The minimum atomic E-state index is -0.187. The van der Waals surface area contributed by atoms with Gasteiger partial charge in [-0.15, -0.1) is 0 Å². The van der Waals surface area contributed by atoms with Crippen molar-refractivity contribution in [2.75, 3.05) is 6.61 Å². The lowest BCUT2D eigenvalue weighted by molar-refractivity contribution is 0.0951. The average Bonchev–Trinajstić information content (AvgIpc) is 3.51. The number of benzene rings is 2. The van der Waals surface area contributed by atoms with E-state index in [1.165, 1.54) is 10.9 Å². The van der Waals surface area contributed by atoms with E-state index in [4.69, 9.17) is 4.74 Å². The minimum Gasteiger partial charge on any atom is -0.493 e. The van der Waals surface area contributed by atoms with Gasteiger partial charge in [0.1, 0.15) is 12.1 Å². The van der Waals surface area contributed by atoms with Crippen LogP contribution in [0.2, 0.25) is 0 Å². The Morgan fingerprint density at radius 2 is 2.03 bits per heavy atom. The van der Waals surface area contributed by atoms with Crippen LogP contribution in [-0.2, 0) is 0 Å². The van der Waals surface area contributed by atoms with Crippen molar-refractivity contribution in [1.82, 2.24) is 14.9 Å². The largest absolute Gasteiger partial charge is 0.493 e. The molecule has 1 saturated carbocycles. The Balaban J connectivity index is 1.74. The van der Waals surface area contributed by atoms with E-state index < -0.39 is 0 Å². The molecule has 3 aromatic rings. The van der Waals surface area contributed by atoms with Crippen LogP contribution >= 0.6 is 0 Å². The van der Waals surface area contributed by atoms with E-state index in [2.05, 4.69) is 24.1 Å². The molecule has 0 atom stereocenters. The molecular weight excluding hydrogens is 366 g/mol. The number of aromatic nitrogens is 2. The zero-order chi connectivity index (χ0) is 20.5. The van der Waals surface area contributed by atoms with Gasteiger partial charge in [0.2, 0.25) is 0 Å². The second kappa shape index (κ2) is 7.70. The third-order valence-corrected chi connectivity index (χ3v) is 4.96. The maximum atomic E-state index is 13.2. The smallest absolute Gasteiger partial charge is 0.265 e. The molecule has 1 fully saturated rings. The van der Waals surface area contributed by atoms with Gasteiger partial charge < -0.3 is 10.1 Å². The van der Waals surface area contributed by atoms with Crippen LogP contribution < -0.4 is 15.6 Å². The average molecular weight is 391 g/mol. The molecule has 4 rings (SSSR count). The number of nitrogens with zero attached hydrogens (tertiary/aromatic N) is 2. The maximum Gasteiger partial charge on any atom is 0.265 e. The topological polar surface area (TPSA) is 73.2 Å². The quantitative estimate of drug-likeness (QED) is 0.697. The molecule has 1 N–H and O–H groups in total. The zero-order valence-corrected chi connectivity index (χ0v) is 16.9. The van der Waals surface area contributed by atoms with Gasteiger partial charge in [-0.25, -0.2) is 4.98 Å². The van der Waals surface area contributed by atoms with Gasteiger partial charge in [-0.05, 0) is 61.6 Å². The molecule has 6 nitrogen and oxygen atoms in total. The van der Waals surface area contributed by atoms with E-state index >= 15 is 0 Å². The van der Waals surface area contributed by atoms with Crippen molar-refractivity contribution in [2.45, 2.75) is 39.7 Å².